The van der Waals surface area contributed by atoms with Crippen molar-refractivity contribution >= 4 is 17.8 Å². The topological polar surface area (TPSA) is 62.9 Å². The van der Waals surface area contributed by atoms with Crippen molar-refractivity contribution in [2.24, 2.45) is 4.99 Å². The molecule has 3 rings (SSSR count). The Morgan fingerprint density at radius 1 is 1.33 bits per heavy atom. The van der Waals surface area contributed by atoms with Gasteiger partial charge in [-0.05, 0) is 37.4 Å². The molecule has 0 radical (unpaired) electrons. The van der Waals surface area contributed by atoms with Crippen molar-refractivity contribution in [3.8, 4) is 0 Å². The molecule has 1 aliphatic heterocycles. The Balaban J connectivity index is 1.72. The molecule has 0 fully saturated rings. The summed E-state index contributed by atoms with van der Waals surface area (Å²) in [6.07, 6.45) is 3.06. The second-order valence-electron chi connectivity index (χ2n) is 5.04. The molecule has 1 aromatic heterocycles. The van der Waals surface area contributed by atoms with E-state index in [1.165, 1.54) is 6.08 Å². The average molecular weight is 282 g/mol. The van der Waals surface area contributed by atoms with Gasteiger partial charge in [-0.1, -0.05) is 0 Å². The fraction of sp³-hybridized carbons (Fsp3) is 0.188. The molecule has 0 atom stereocenters. The van der Waals surface area contributed by atoms with Gasteiger partial charge in [0.25, 0.3) is 5.91 Å². The number of amides is 1. The fourth-order valence-corrected chi connectivity index (χ4v) is 2.29. The molecule has 0 bridgehead atoms. The molecule has 1 aliphatic rings. The van der Waals surface area contributed by atoms with Crippen molar-refractivity contribution in [1.82, 2.24) is 4.90 Å². The van der Waals surface area contributed by atoms with Gasteiger partial charge in [0.05, 0.1) is 24.7 Å². The predicted octanol–water partition coefficient (Wildman–Crippen LogP) is 0.535. The second-order valence-corrected chi connectivity index (χ2v) is 5.04. The first-order valence-electron chi connectivity index (χ1n) is 6.60. The Kier molecular flexibility index (Phi) is 3.50. The summed E-state index contributed by atoms with van der Waals surface area (Å²) in [5.41, 5.74) is 0.584. The van der Waals surface area contributed by atoms with Crippen LogP contribution in [0.4, 0.5) is 0 Å². The van der Waals surface area contributed by atoms with Crippen LogP contribution in [0.5, 0.6) is 0 Å². The normalized spacial score (nSPS) is 13.0. The third-order valence-electron chi connectivity index (χ3n) is 3.28. The number of hydrogen-bond acceptors (Lipinski definition) is 4. The molecule has 0 N–H and O–H groups in total. The Hall–Kier alpha value is -2.53. The molecule has 0 aliphatic carbocycles. The molecule has 0 spiro atoms. The summed E-state index contributed by atoms with van der Waals surface area (Å²) >= 11 is 0. The SMILES string of the molecule is CN(CC(=O)c1ccc2c(c1)=CC(=O)N=2)Cc1ccco1. The predicted molar refractivity (Wildman–Crippen MR) is 76.1 cm³/mol. The quantitative estimate of drug-likeness (QED) is 0.751. The zero-order valence-corrected chi connectivity index (χ0v) is 11.6. The van der Waals surface area contributed by atoms with E-state index < -0.39 is 0 Å². The first kappa shape index (κ1) is 13.5. The molecule has 5 heteroatoms. The average Bonchev–Trinajstić information content (AvgIpc) is 3.05. The standard InChI is InChI=1S/C16H14N2O3/c1-18(9-13-3-2-6-21-13)10-15(19)11-4-5-14-12(7-11)8-16(20)17-14/h2-8H,9-10H2,1H3. The lowest BCUT2D eigenvalue weighted by Crippen LogP contribution is -2.28. The van der Waals surface area contributed by atoms with E-state index in [-0.39, 0.29) is 18.2 Å². The minimum absolute atomic E-state index is 0.000366. The molecule has 1 aromatic carbocycles. The number of hydrogen-bond donors (Lipinski definition) is 0. The van der Waals surface area contributed by atoms with Crippen molar-refractivity contribution < 1.29 is 14.0 Å². The van der Waals surface area contributed by atoms with Crippen LogP contribution in [0.15, 0.2) is 46.0 Å². The van der Waals surface area contributed by atoms with E-state index in [1.54, 1.807) is 24.5 Å². The van der Waals surface area contributed by atoms with Crippen LogP contribution < -0.4 is 10.6 Å². The van der Waals surface area contributed by atoms with E-state index >= 15 is 0 Å². The van der Waals surface area contributed by atoms with E-state index in [1.807, 2.05) is 24.1 Å². The highest BCUT2D eigenvalue weighted by Gasteiger charge is 2.12. The Labute approximate surface area is 121 Å². The minimum atomic E-state index is -0.274. The van der Waals surface area contributed by atoms with E-state index in [4.69, 9.17) is 4.42 Å². The maximum absolute atomic E-state index is 12.3. The van der Waals surface area contributed by atoms with Gasteiger partial charge in [-0.25, -0.2) is 4.99 Å². The van der Waals surface area contributed by atoms with Crippen molar-refractivity contribution in [3.05, 3.63) is 58.5 Å². The molecular weight excluding hydrogens is 268 g/mol. The number of ketones is 1. The number of carbonyl (C=O) groups excluding carboxylic acids is 2. The number of furan rings is 1. The number of nitrogens with zero attached hydrogens (tertiary/aromatic N) is 2. The van der Waals surface area contributed by atoms with Crippen LogP contribution in [-0.4, -0.2) is 30.2 Å². The lowest BCUT2D eigenvalue weighted by molar-refractivity contribution is -0.112. The van der Waals surface area contributed by atoms with Gasteiger partial charge in [0, 0.05) is 16.9 Å². The number of carbonyl (C=O) groups is 2. The summed E-state index contributed by atoms with van der Waals surface area (Å²) in [4.78, 5) is 29.2. The van der Waals surface area contributed by atoms with Gasteiger partial charge in [-0.15, -0.1) is 0 Å². The molecule has 2 heterocycles. The van der Waals surface area contributed by atoms with Gasteiger partial charge >= 0.3 is 0 Å². The van der Waals surface area contributed by atoms with Crippen molar-refractivity contribution in [2.75, 3.05) is 13.6 Å². The third kappa shape index (κ3) is 2.98. The van der Waals surface area contributed by atoms with Crippen molar-refractivity contribution in [2.45, 2.75) is 6.54 Å². The summed E-state index contributed by atoms with van der Waals surface area (Å²) in [6.45, 7) is 0.855. The van der Waals surface area contributed by atoms with Crippen LogP contribution in [0.1, 0.15) is 16.1 Å². The maximum Gasteiger partial charge on any atom is 0.270 e. The highest BCUT2D eigenvalue weighted by molar-refractivity contribution is 6.06. The van der Waals surface area contributed by atoms with Crippen LogP contribution in [-0.2, 0) is 11.3 Å². The minimum Gasteiger partial charge on any atom is -0.468 e. The monoisotopic (exact) mass is 282 g/mol. The number of Topliss-reactive ketones (excluding diaryl/α,β-unsaturated/α-hetero) is 1. The summed E-state index contributed by atoms with van der Waals surface area (Å²) in [6, 6.07) is 8.82. The number of fused-ring (bicyclic) bond motifs is 1. The van der Waals surface area contributed by atoms with E-state index in [0.29, 0.717) is 22.7 Å². The van der Waals surface area contributed by atoms with Crippen LogP contribution in [0.25, 0.3) is 6.08 Å². The highest BCUT2D eigenvalue weighted by Crippen LogP contribution is 2.05. The van der Waals surface area contributed by atoms with Crippen molar-refractivity contribution in [3.63, 3.8) is 0 Å². The van der Waals surface area contributed by atoms with Gasteiger partial charge in [-0.3, -0.25) is 14.5 Å². The number of benzene rings is 1. The van der Waals surface area contributed by atoms with Crippen molar-refractivity contribution in [1.29, 1.82) is 0 Å². The third-order valence-corrected chi connectivity index (χ3v) is 3.28. The lowest BCUT2D eigenvalue weighted by Gasteiger charge is -2.13. The van der Waals surface area contributed by atoms with Gasteiger partial charge in [0.1, 0.15) is 5.76 Å². The van der Waals surface area contributed by atoms with E-state index in [9.17, 15) is 9.59 Å². The molecule has 0 saturated carbocycles. The van der Waals surface area contributed by atoms with Gasteiger partial charge in [0.2, 0.25) is 0 Å². The summed E-state index contributed by atoms with van der Waals surface area (Å²) < 4.78 is 5.26. The maximum atomic E-state index is 12.3. The smallest absolute Gasteiger partial charge is 0.270 e. The van der Waals surface area contributed by atoms with Crippen LogP contribution in [0.3, 0.4) is 0 Å². The fourth-order valence-electron chi connectivity index (χ4n) is 2.29. The largest absolute Gasteiger partial charge is 0.468 e. The van der Waals surface area contributed by atoms with Crippen LogP contribution in [0, 0.1) is 0 Å². The Morgan fingerprint density at radius 2 is 2.19 bits per heavy atom. The molecule has 106 valence electrons. The van der Waals surface area contributed by atoms with Crippen LogP contribution >= 0.6 is 0 Å². The Morgan fingerprint density at radius 3 is 2.95 bits per heavy atom. The highest BCUT2D eigenvalue weighted by atomic mass is 16.3. The second kappa shape index (κ2) is 5.46. The van der Waals surface area contributed by atoms with Gasteiger partial charge in [0.15, 0.2) is 5.78 Å². The number of likely N-dealkylation sites (N-methyl/N-ethyl adjacent to an activating group) is 1. The van der Waals surface area contributed by atoms with E-state index in [2.05, 4.69) is 4.99 Å². The first-order chi connectivity index (χ1) is 10.1. The number of rotatable bonds is 5. The zero-order valence-electron chi connectivity index (χ0n) is 11.6. The molecular formula is C16H14N2O3. The molecule has 21 heavy (non-hydrogen) atoms. The zero-order chi connectivity index (χ0) is 14.8. The van der Waals surface area contributed by atoms with E-state index in [0.717, 1.165) is 5.76 Å². The summed E-state index contributed by atoms with van der Waals surface area (Å²) in [7, 11) is 1.86. The molecule has 2 aromatic rings. The molecule has 0 saturated heterocycles. The summed E-state index contributed by atoms with van der Waals surface area (Å²) in [5.74, 6) is 0.543. The van der Waals surface area contributed by atoms with Gasteiger partial charge in [-0.2, -0.15) is 0 Å². The first-order valence-corrected chi connectivity index (χ1v) is 6.60. The molecule has 1 amide bonds. The summed E-state index contributed by atoms with van der Waals surface area (Å²) in [5, 5.41) is 1.33. The van der Waals surface area contributed by atoms with Gasteiger partial charge < -0.3 is 4.42 Å². The van der Waals surface area contributed by atoms with Crippen LogP contribution in [0.2, 0.25) is 0 Å². The molecule has 5 nitrogen and oxygen atoms in total. The Bertz CT molecular complexity index is 807. The lowest BCUT2D eigenvalue weighted by atomic mass is 10.1. The molecule has 0 unspecified atom stereocenters.